The number of carbonyl (C=O) groups is 1. The van der Waals surface area contributed by atoms with Crippen molar-refractivity contribution in [2.45, 2.75) is 13.5 Å². The van der Waals surface area contributed by atoms with Crippen LogP contribution in [-0.2, 0) is 11.3 Å². The Kier molecular flexibility index (Phi) is 8.65. The number of methoxy groups -OCH3 is 2. The maximum absolute atomic E-state index is 12.5. The average molecular weight is 448 g/mol. The van der Waals surface area contributed by atoms with Crippen LogP contribution in [-0.4, -0.2) is 43.6 Å². The quantitative estimate of drug-likeness (QED) is 0.545. The highest BCUT2D eigenvalue weighted by Gasteiger charge is 2.12. The third-order valence-electron chi connectivity index (χ3n) is 4.41. The van der Waals surface area contributed by atoms with Crippen LogP contribution >= 0.6 is 23.7 Å². The van der Waals surface area contributed by atoms with Gasteiger partial charge in [0.25, 0.3) is 0 Å². The molecule has 1 aromatic heterocycles. The lowest BCUT2D eigenvalue weighted by Gasteiger charge is -2.18. The van der Waals surface area contributed by atoms with Crippen LogP contribution in [0.3, 0.4) is 0 Å². The number of hydrogen-bond acceptors (Lipinski definition) is 6. The molecule has 6 nitrogen and oxygen atoms in total. The molecule has 0 saturated heterocycles. The molecule has 3 rings (SSSR count). The van der Waals surface area contributed by atoms with Crippen molar-refractivity contribution in [3.8, 4) is 22.8 Å². The number of ether oxygens (including phenoxy) is 2. The smallest absolute Gasteiger partial charge is 0.238 e. The maximum atomic E-state index is 12.5. The number of carbonyl (C=O) groups excluding carboxylic acids is 1. The lowest BCUT2D eigenvalue weighted by molar-refractivity contribution is -0.117. The monoisotopic (exact) mass is 447 g/mol. The predicted molar refractivity (Wildman–Crippen MR) is 124 cm³/mol. The fourth-order valence-corrected chi connectivity index (χ4v) is 3.65. The van der Waals surface area contributed by atoms with Gasteiger partial charge in [0.15, 0.2) is 0 Å². The molecular formula is C22H26ClN3O3S. The van der Waals surface area contributed by atoms with Gasteiger partial charge in [0, 0.05) is 34.8 Å². The summed E-state index contributed by atoms with van der Waals surface area (Å²) in [5, 5.41) is 6.00. The molecule has 0 saturated carbocycles. The van der Waals surface area contributed by atoms with E-state index in [2.05, 4.69) is 10.3 Å². The molecule has 0 aliphatic rings. The molecule has 1 heterocycles. The van der Waals surface area contributed by atoms with Gasteiger partial charge in [-0.3, -0.25) is 9.69 Å². The number of aryl methyl sites for hydroxylation is 1. The van der Waals surface area contributed by atoms with Crippen molar-refractivity contribution in [3.05, 3.63) is 58.4 Å². The van der Waals surface area contributed by atoms with Crippen LogP contribution in [0.25, 0.3) is 11.3 Å². The third kappa shape index (κ3) is 6.19. The highest BCUT2D eigenvalue weighted by atomic mass is 35.5. The molecule has 0 radical (unpaired) electrons. The lowest BCUT2D eigenvalue weighted by Crippen LogP contribution is -2.30. The van der Waals surface area contributed by atoms with Crippen molar-refractivity contribution in [3.63, 3.8) is 0 Å². The first-order valence-electron chi connectivity index (χ1n) is 9.20. The lowest BCUT2D eigenvalue weighted by atomic mass is 10.1. The number of thiazole rings is 1. The van der Waals surface area contributed by atoms with Gasteiger partial charge in [0.2, 0.25) is 5.91 Å². The van der Waals surface area contributed by atoms with Crippen LogP contribution in [0, 0.1) is 6.92 Å². The Hall–Kier alpha value is -2.61. The Morgan fingerprint density at radius 3 is 2.63 bits per heavy atom. The van der Waals surface area contributed by atoms with E-state index < -0.39 is 0 Å². The number of anilines is 1. The number of hydrogen-bond donors (Lipinski definition) is 1. The normalized spacial score (nSPS) is 10.4. The van der Waals surface area contributed by atoms with Crippen molar-refractivity contribution in [1.29, 1.82) is 0 Å². The Morgan fingerprint density at radius 1 is 1.17 bits per heavy atom. The fraction of sp³-hybridized carbons (Fsp3) is 0.273. The number of rotatable bonds is 8. The summed E-state index contributed by atoms with van der Waals surface area (Å²) in [6, 6.07) is 13.4. The zero-order valence-electron chi connectivity index (χ0n) is 17.5. The minimum Gasteiger partial charge on any atom is -0.497 e. The molecular weight excluding hydrogens is 422 g/mol. The van der Waals surface area contributed by atoms with Gasteiger partial charge >= 0.3 is 0 Å². The maximum Gasteiger partial charge on any atom is 0.238 e. The van der Waals surface area contributed by atoms with Gasteiger partial charge in [-0.05, 0) is 32.2 Å². The van der Waals surface area contributed by atoms with Crippen LogP contribution in [0.5, 0.6) is 11.5 Å². The number of nitrogens with one attached hydrogen (secondary N) is 1. The van der Waals surface area contributed by atoms with Crippen molar-refractivity contribution < 1.29 is 14.3 Å². The number of benzene rings is 2. The first kappa shape index (κ1) is 23.7. The number of amides is 1. The van der Waals surface area contributed by atoms with Crippen LogP contribution in [0.2, 0.25) is 0 Å². The van der Waals surface area contributed by atoms with Crippen LogP contribution in [0.15, 0.2) is 47.8 Å². The van der Waals surface area contributed by atoms with Gasteiger partial charge in [-0.25, -0.2) is 4.98 Å². The first-order chi connectivity index (χ1) is 14.0. The zero-order valence-corrected chi connectivity index (χ0v) is 19.1. The highest BCUT2D eigenvalue weighted by molar-refractivity contribution is 7.09. The largest absolute Gasteiger partial charge is 0.497 e. The van der Waals surface area contributed by atoms with Crippen molar-refractivity contribution >= 4 is 35.3 Å². The van der Waals surface area contributed by atoms with E-state index in [0.717, 1.165) is 39.0 Å². The summed E-state index contributed by atoms with van der Waals surface area (Å²) in [7, 11) is 5.15. The van der Waals surface area contributed by atoms with Gasteiger partial charge in [0.1, 0.15) is 11.5 Å². The number of likely N-dealkylation sites (N-methyl/N-ethyl adjacent to an activating group) is 1. The molecule has 1 N–H and O–H groups in total. The molecule has 0 spiro atoms. The molecule has 160 valence electrons. The predicted octanol–water partition coefficient (Wildman–Crippen LogP) is 4.63. The Bertz CT molecular complexity index is 993. The van der Waals surface area contributed by atoms with Gasteiger partial charge in [-0.2, -0.15) is 0 Å². The van der Waals surface area contributed by atoms with Gasteiger partial charge < -0.3 is 14.8 Å². The van der Waals surface area contributed by atoms with Gasteiger partial charge in [-0.1, -0.05) is 18.2 Å². The minimum absolute atomic E-state index is 0. The molecule has 0 atom stereocenters. The van der Waals surface area contributed by atoms with E-state index in [0.29, 0.717) is 6.54 Å². The number of aromatic nitrogens is 1. The third-order valence-corrected chi connectivity index (χ3v) is 5.18. The van der Waals surface area contributed by atoms with Crippen LogP contribution in [0.4, 0.5) is 5.69 Å². The Labute approximate surface area is 187 Å². The van der Waals surface area contributed by atoms with E-state index in [4.69, 9.17) is 9.47 Å². The van der Waals surface area contributed by atoms with Gasteiger partial charge in [-0.15, -0.1) is 23.7 Å². The minimum atomic E-state index is -0.0772. The van der Waals surface area contributed by atoms with E-state index in [1.165, 1.54) is 0 Å². The van der Waals surface area contributed by atoms with E-state index in [9.17, 15) is 4.79 Å². The molecule has 30 heavy (non-hydrogen) atoms. The average Bonchev–Trinajstić information content (AvgIpc) is 3.14. The SMILES string of the molecule is COc1ccc(CN(C)CC(=O)Nc2cccc(-c3csc(C)n3)c2)c(OC)c1.Cl. The second-order valence-corrected chi connectivity index (χ2v) is 7.79. The van der Waals surface area contributed by atoms with E-state index in [-0.39, 0.29) is 24.9 Å². The summed E-state index contributed by atoms with van der Waals surface area (Å²) >= 11 is 1.61. The molecule has 0 aliphatic carbocycles. The summed E-state index contributed by atoms with van der Waals surface area (Å²) < 4.78 is 10.7. The van der Waals surface area contributed by atoms with E-state index >= 15 is 0 Å². The first-order valence-corrected chi connectivity index (χ1v) is 10.1. The molecule has 0 unspecified atom stereocenters. The summed E-state index contributed by atoms with van der Waals surface area (Å²) in [5.41, 5.74) is 3.66. The number of nitrogens with zero attached hydrogens (tertiary/aromatic N) is 2. The van der Waals surface area contributed by atoms with Crippen LogP contribution < -0.4 is 14.8 Å². The Morgan fingerprint density at radius 2 is 1.97 bits per heavy atom. The highest BCUT2D eigenvalue weighted by Crippen LogP contribution is 2.26. The summed E-state index contributed by atoms with van der Waals surface area (Å²) in [6.07, 6.45) is 0. The van der Waals surface area contributed by atoms with Gasteiger partial charge in [0.05, 0.1) is 31.5 Å². The van der Waals surface area contributed by atoms with Crippen molar-refractivity contribution in [1.82, 2.24) is 9.88 Å². The zero-order chi connectivity index (χ0) is 20.8. The summed E-state index contributed by atoms with van der Waals surface area (Å²) in [5.74, 6) is 1.40. The molecule has 8 heteroatoms. The van der Waals surface area contributed by atoms with Crippen LogP contribution in [0.1, 0.15) is 10.6 Å². The standard InChI is InChI=1S/C22H25N3O3S.ClH/c1-15-23-20(14-29-15)16-6-5-7-18(10-16)24-22(26)13-25(2)12-17-8-9-19(27-3)11-21(17)28-4;/h5-11,14H,12-13H2,1-4H3,(H,24,26);1H. The number of halogens is 1. The molecule has 0 fully saturated rings. The summed E-state index contributed by atoms with van der Waals surface area (Å²) in [6.45, 7) is 2.82. The second-order valence-electron chi connectivity index (χ2n) is 6.73. The molecule has 1 amide bonds. The van der Waals surface area contributed by atoms with E-state index in [1.807, 2.05) is 66.7 Å². The molecule has 0 aliphatic heterocycles. The molecule has 2 aromatic carbocycles. The van der Waals surface area contributed by atoms with E-state index in [1.54, 1.807) is 25.6 Å². The molecule has 0 bridgehead atoms. The molecule has 3 aromatic rings. The second kappa shape index (κ2) is 11.0. The van der Waals surface area contributed by atoms with Crippen molar-refractivity contribution in [2.24, 2.45) is 0 Å². The fourth-order valence-electron chi connectivity index (χ4n) is 3.03. The Balaban J connectivity index is 0.00000320. The topological polar surface area (TPSA) is 63.7 Å². The van der Waals surface area contributed by atoms with Crippen molar-refractivity contribution in [2.75, 3.05) is 33.1 Å². The summed E-state index contributed by atoms with van der Waals surface area (Å²) in [4.78, 5) is 18.9.